The topological polar surface area (TPSA) is 65.1 Å². The van der Waals surface area contributed by atoms with E-state index in [1.807, 2.05) is 66.7 Å². The fourth-order valence-corrected chi connectivity index (χ4v) is 2.57. The Morgan fingerprint density at radius 1 is 0.962 bits per heavy atom. The Morgan fingerprint density at radius 2 is 1.69 bits per heavy atom. The van der Waals surface area contributed by atoms with Gasteiger partial charge in [0.2, 0.25) is 0 Å². The summed E-state index contributed by atoms with van der Waals surface area (Å²) >= 11 is 0. The standard InChI is InChI=1S/C20H15N5O/c26-20-18-14-23-25(17-11-5-2-6-12-17)19(18)21-15-24(20)22-13-7-10-16-8-3-1-4-9-16/h1-15H/b10-7+,22-13-. The van der Waals surface area contributed by atoms with Crippen LogP contribution in [-0.4, -0.2) is 25.7 Å². The second kappa shape index (κ2) is 6.98. The third-order valence-electron chi connectivity index (χ3n) is 3.84. The van der Waals surface area contributed by atoms with Crippen LogP contribution in [0.3, 0.4) is 0 Å². The predicted octanol–water partition coefficient (Wildman–Crippen LogP) is 3.13. The van der Waals surface area contributed by atoms with Crippen molar-refractivity contribution in [3.8, 4) is 5.69 Å². The zero-order valence-corrected chi connectivity index (χ0v) is 13.8. The van der Waals surface area contributed by atoms with E-state index in [9.17, 15) is 4.79 Å². The predicted molar refractivity (Wildman–Crippen MR) is 102 cm³/mol. The van der Waals surface area contributed by atoms with Gasteiger partial charge >= 0.3 is 0 Å². The highest BCUT2D eigenvalue weighted by Crippen LogP contribution is 2.12. The molecular weight excluding hydrogens is 326 g/mol. The molecular formula is C20H15N5O. The zero-order chi connectivity index (χ0) is 17.8. The highest BCUT2D eigenvalue weighted by atomic mass is 16.1. The molecule has 126 valence electrons. The number of rotatable bonds is 4. The van der Waals surface area contributed by atoms with Gasteiger partial charge in [-0.1, -0.05) is 54.6 Å². The molecule has 0 radical (unpaired) electrons. The molecule has 0 unspecified atom stereocenters. The molecule has 4 rings (SSSR count). The first kappa shape index (κ1) is 15.7. The quantitative estimate of drug-likeness (QED) is 0.536. The second-order valence-corrected chi connectivity index (χ2v) is 5.56. The molecule has 0 N–H and O–H groups in total. The average molecular weight is 341 g/mol. The van der Waals surface area contributed by atoms with Crippen molar-refractivity contribution in [2.45, 2.75) is 0 Å². The molecule has 0 atom stereocenters. The van der Waals surface area contributed by atoms with E-state index in [4.69, 9.17) is 0 Å². The van der Waals surface area contributed by atoms with Crippen molar-refractivity contribution in [1.29, 1.82) is 0 Å². The van der Waals surface area contributed by atoms with E-state index in [1.165, 1.54) is 17.2 Å². The van der Waals surface area contributed by atoms with Gasteiger partial charge in [0.25, 0.3) is 5.56 Å². The van der Waals surface area contributed by atoms with Gasteiger partial charge in [-0.15, -0.1) is 0 Å². The molecule has 6 heteroatoms. The fraction of sp³-hybridized carbons (Fsp3) is 0. The first-order valence-corrected chi connectivity index (χ1v) is 8.10. The Bertz CT molecular complexity index is 1140. The molecule has 2 aromatic heterocycles. The van der Waals surface area contributed by atoms with Gasteiger partial charge in [-0.3, -0.25) is 4.79 Å². The molecule has 2 heterocycles. The number of hydrogen-bond acceptors (Lipinski definition) is 4. The van der Waals surface area contributed by atoms with Crippen LogP contribution < -0.4 is 5.56 Å². The Labute approximate surface area is 149 Å². The number of fused-ring (bicyclic) bond motifs is 1. The smallest absolute Gasteiger partial charge is 0.266 e. The van der Waals surface area contributed by atoms with Crippen LogP contribution in [0.25, 0.3) is 22.8 Å². The fourth-order valence-electron chi connectivity index (χ4n) is 2.57. The highest BCUT2D eigenvalue weighted by Gasteiger charge is 2.10. The maximum atomic E-state index is 12.6. The Morgan fingerprint density at radius 3 is 2.46 bits per heavy atom. The lowest BCUT2D eigenvalue weighted by Crippen LogP contribution is -2.16. The summed E-state index contributed by atoms with van der Waals surface area (Å²) in [7, 11) is 0. The number of aromatic nitrogens is 4. The number of allylic oxidation sites excluding steroid dienone is 1. The molecule has 4 aromatic rings. The van der Waals surface area contributed by atoms with E-state index in [0.29, 0.717) is 11.0 Å². The van der Waals surface area contributed by atoms with E-state index in [-0.39, 0.29) is 5.56 Å². The summed E-state index contributed by atoms with van der Waals surface area (Å²) in [5.74, 6) is 0. The lowest BCUT2D eigenvalue weighted by Gasteiger charge is -2.02. The van der Waals surface area contributed by atoms with Gasteiger partial charge in [-0.25, -0.2) is 9.67 Å². The van der Waals surface area contributed by atoms with Crippen molar-refractivity contribution < 1.29 is 0 Å². The summed E-state index contributed by atoms with van der Waals surface area (Å²) in [6.45, 7) is 0. The molecule has 0 bridgehead atoms. The van der Waals surface area contributed by atoms with Gasteiger partial charge in [0.05, 0.1) is 11.9 Å². The molecule has 0 aliphatic carbocycles. The third kappa shape index (κ3) is 3.08. The minimum atomic E-state index is -0.262. The van der Waals surface area contributed by atoms with Crippen LogP contribution in [0.4, 0.5) is 0 Å². The van der Waals surface area contributed by atoms with Crippen molar-refractivity contribution in [3.63, 3.8) is 0 Å². The van der Waals surface area contributed by atoms with Crippen LogP contribution in [0.1, 0.15) is 5.56 Å². The summed E-state index contributed by atoms with van der Waals surface area (Å²) in [5, 5.41) is 8.84. The van der Waals surface area contributed by atoms with Crippen molar-refractivity contribution in [3.05, 3.63) is 95.2 Å². The SMILES string of the molecule is O=c1c2cnn(-c3ccccc3)c2ncn1/N=C\C=C\c1ccccc1. The van der Waals surface area contributed by atoms with E-state index in [0.717, 1.165) is 11.3 Å². The lowest BCUT2D eigenvalue weighted by molar-refractivity contribution is 0.810. The lowest BCUT2D eigenvalue weighted by atomic mass is 10.2. The normalized spacial score (nSPS) is 11.7. The third-order valence-corrected chi connectivity index (χ3v) is 3.84. The Kier molecular flexibility index (Phi) is 4.22. The number of benzene rings is 2. The maximum Gasteiger partial charge on any atom is 0.285 e. The van der Waals surface area contributed by atoms with Crippen molar-refractivity contribution in [2.75, 3.05) is 0 Å². The van der Waals surface area contributed by atoms with E-state index < -0.39 is 0 Å². The molecule has 0 fully saturated rings. The van der Waals surface area contributed by atoms with Gasteiger partial charge < -0.3 is 0 Å². The van der Waals surface area contributed by atoms with E-state index in [1.54, 1.807) is 17.0 Å². The molecule has 0 saturated heterocycles. The minimum absolute atomic E-state index is 0.262. The molecule has 0 spiro atoms. The molecule has 26 heavy (non-hydrogen) atoms. The molecule has 0 amide bonds. The van der Waals surface area contributed by atoms with Crippen LogP contribution in [0, 0.1) is 0 Å². The summed E-state index contributed by atoms with van der Waals surface area (Å²) < 4.78 is 2.84. The monoisotopic (exact) mass is 341 g/mol. The van der Waals surface area contributed by atoms with Gasteiger partial charge in [0.15, 0.2) is 5.65 Å². The largest absolute Gasteiger partial charge is 0.285 e. The van der Waals surface area contributed by atoms with Gasteiger partial charge in [0.1, 0.15) is 11.7 Å². The highest BCUT2D eigenvalue weighted by molar-refractivity contribution is 5.78. The van der Waals surface area contributed by atoms with Crippen molar-refractivity contribution in [1.82, 2.24) is 19.4 Å². The number of nitrogens with zero attached hydrogens (tertiary/aromatic N) is 5. The molecule has 0 saturated carbocycles. The Balaban J connectivity index is 1.64. The summed E-state index contributed by atoms with van der Waals surface area (Å²) in [4.78, 5) is 16.9. The first-order chi connectivity index (χ1) is 12.8. The summed E-state index contributed by atoms with van der Waals surface area (Å²) in [6.07, 6.45) is 8.17. The summed E-state index contributed by atoms with van der Waals surface area (Å²) in [5.41, 5.74) is 2.15. The molecule has 0 aliphatic rings. The maximum absolute atomic E-state index is 12.6. The Hall–Kier alpha value is -3.80. The van der Waals surface area contributed by atoms with Crippen LogP contribution in [-0.2, 0) is 0 Å². The molecule has 0 aliphatic heterocycles. The number of hydrogen-bond donors (Lipinski definition) is 0. The van der Waals surface area contributed by atoms with Crippen LogP contribution in [0.15, 0.2) is 89.2 Å². The van der Waals surface area contributed by atoms with Gasteiger partial charge in [-0.2, -0.15) is 14.9 Å². The summed E-state index contributed by atoms with van der Waals surface area (Å²) in [6, 6.07) is 19.4. The zero-order valence-electron chi connectivity index (χ0n) is 13.8. The van der Waals surface area contributed by atoms with Gasteiger partial charge in [-0.05, 0) is 23.8 Å². The van der Waals surface area contributed by atoms with E-state index >= 15 is 0 Å². The molecule has 6 nitrogen and oxygen atoms in total. The van der Waals surface area contributed by atoms with Crippen LogP contribution >= 0.6 is 0 Å². The van der Waals surface area contributed by atoms with Crippen LogP contribution in [0.2, 0.25) is 0 Å². The average Bonchev–Trinajstić information content (AvgIpc) is 3.13. The molecule has 2 aromatic carbocycles. The number of para-hydroxylation sites is 1. The van der Waals surface area contributed by atoms with E-state index in [2.05, 4.69) is 15.2 Å². The van der Waals surface area contributed by atoms with Crippen molar-refractivity contribution in [2.24, 2.45) is 5.10 Å². The van der Waals surface area contributed by atoms with Crippen molar-refractivity contribution >= 4 is 23.3 Å². The first-order valence-electron chi connectivity index (χ1n) is 8.10. The second-order valence-electron chi connectivity index (χ2n) is 5.56. The minimum Gasteiger partial charge on any atom is -0.266 e. The van der Waals surface area contributed by atoms with Gasteiger partial charge in [0, 0.05) is 6.21 Å². The van der Waals surface area contributed by atoms with Crippen LogP contribution in [0.5, 0.6) is 0 Å².